The van der Waals surface area contributed by atoms with Gasteiger partial charge in [-0.3, -0.25) is 4.79 Å². The van der Waals surface area contributed by atoms with Crippen molar-refractivity contribution in [1.82, 2.24) is 4.90 Å². The van der Waals surface area contributed by atoms with E-state index in [1.54, 1.807) is 0 Å². The summed E-state index contributed by atoms with van der Waals surface area (Å²) < 4.78 is 0. The molecule has 1 aromatic rings. The number of rotatable bonds is 2. The Morgan fingerprint density at radius 2 is 1.94 bits per heavy atom. The number of hydrogen-bond acceptors (Lipinski definition) is 1. The van der Waals surface area contributed by atoms with Crippen LogP contribution in [0.1, 0.15) is 37.8 Å². The third kappa shape index (κ3) is 3.34. The third-order valence-electron chi connectivity index (χ3n) is 3.91. The van der Waals surface area contributed by atoms with Gasteiger partial charge < -0.3 is 4.90 Å². The van der Waals surface area contributed by atoms with Crippen molar-refractivity contribution in [3.63, 3.8) is 0 Å². The number of hydrogen-bond donors (Lipinski definition) is 0. The Balaban J connectivity index is 1.93. The van der Waals surface area contributed by atoms with Gasteiger partial charge in [0, 0.05) is 13.1 Å². The second kappa shape index (κ2) is 5.13. The average Bonchev–Trinajstić information content (AvgIpc) is 2.28. The van der Waals surface area contributed by atoms with Crippen molar-refractivity contribution in [1.29, 1.82) is 0 Å². The first kappa shape index (κ1) is 13.1. The van der Waals surface area contributed by atoms with Gasteiger partial charge in [0.2, 0.25) is 5.91 Å². The summed E-state index contributed by atoms with van der Waals surface area (Å²) in [6.07, 6.45) is 2.78. The molecule has 0 saturated carbocycles. The average molecular weight is 245 g/mol. The minimum absolute atomic E-state index is 0.274. The molecule has 1 aliphatic rings. The molecule has 1 aliphatic heterocycles. The molecule has 0 spiro atoms. The first-order chi connectivity index (χ1) is 8.46. The van der Waals surface area contributed by atoms with Gasteiger partial charge in [0.05, 0.1) is 6.42 Å². The molecule has 0 N–H and O–H groups in total. The van der Waals surface area contributed by atoms with E-state index in [0.717, 1.165) is 31.5 Å². The van der Waals surface area contributed by atoms with Crippen molar-refractivity contribution in [3.8, 4) is 0 Å². The van der Waals surface area contributed by atoms with Crippen LogP contribution in [0.25, 0.3) is 0 Å². The highest BCUT2D eigenvalue weighted by Gasteiger charge is 2.27. The van der Waals surface area contributed by atoms with Crippen LogP contribution in [0.5, 0.6) is 0 Å². The molecule has 1 heterocycles. The number of carbonyl (C=O) groups excluding carboxylic acids is 1. The van der Waals surface area contributed by atoms with Gasteiger partial charge >= 0.3 is 0 Å². The summed E-state index contributed by atoms with van der Waals surface area (Å²) in [6, 6.07) is 8.24. The van der Waals surface area contributed by atoms with E-state index in [4.69, 9.17) is 0 Å². The number of amides is 1. The van der Waals surface area contributed by atoms with Gasteiger partial charge in [-0.1, -0.05) is 43.7 Å². The van der Waals surface area contributed by atoms with Crippen LogP contribution in [0.2, 0.25) is 0 Å². The lowest BCUT2D eigenvalue weighted by Crippen LogP contribution is -2.41. The number of nitrogens with zero attached hydrogens (tertiary/aromatic N) is 1. The summed E-state index contributed by atoms with van der Waals surface area (Å²) in [5.41, 5.74) is 2.75. The van der Waals surface area contributed by atoms with Crippen molar-refractivity contribution < 1.29 is 4.79 Å². The number of benzene rings is 1. The Hall–Kier alpha value is -1.31. The van der Waals surface area contributed by atoms with Gasteiger partial charge in [0.1, 0.15) is 0 Å². The summed E-state index contributed by atoms with van der Waals surface area (Å²) in [5.74, 6) is 0.274. The highest BCUT2D eigenvalue weighted by Crippen LogP contribution is 2.29. The zero-order valence-electron chi connectivity index (χ0n) is 11.7. The molecule has 2 rings (SSSR count). The fourth-order valence-corrected chi connectivity index (χ4v) is 2.47. The van der Waals surface area contributed by atoms with Gasteiger partial charge in [0.25, 0.3) is 0 Å². The minimum atomic E-state index is 0.274. The van der Waals surface area contributed by atoms with E-state index >= 15 is 0 Å². The van der Waals surface area contributed by atoms with Crippen LogP contribution in [0.4, 0.5) is 0 Å². The van der Waals surface area contributed by atoms with Crippen molar-refractivity contribution in [2.24, 2.45) is 5.41 Å². The van der Waals surface area contributed by atoms with Crippen molar-refractivity contribution in [2.45, 2.75) is 40.0 Å². The second-order valence-electron chi connectivity index (χ2n) is 6.21. The number of likely N-dealkylation sites (tertiary alicyclic amines) is 1. The molecule has 1 fully saturated rings. The maximum absolute atomic E-state index is 12.2. The zero-order valence-corrected chi connectivity index (χ0v) is 11.7. The van der Waals surface area contributed by atoms with E-state index in [1.165, 1.54) is 5.56 Å². The monoisotopic (exact) mass is 245 g/mol. The molecule has 0 unspecified atom stereocenters. The van der Waals surface area contributed by atoms with Crippen LogP contribution in [0.3, 0.4) is 0 Å². The standard InChI is InChI=1S/C16H23NO/c1-13-5-4-6-14(11-13)12-15(18)17-9-7-16(2,3)8-10-17/h4-6,11H,7-10,12H2,1-3H3. The fourth-order valence-electron chi connectivity index (χ4n) is 2.47. The molecular weight excluding hydrogens is 222 g/mol. The van der Waals surface area contributed by atoms with Crippen molar-refractivity contribution >= 4 is 5.91 Å². The zero-order chi connectivity index (χ0) is 13.2. The molecule has 0 aliphatic carbocycles. The SMILES string of the molecule is Cc1cccc(CC(=O)N2CCC(C)(C)CC2)c1. The van der Waals surface area contributed by atoms with Gasteiger partial charge in [-0.2, -0.15) is 0 Å². The normalized spacial score (nSPS) is 18.7. The lowest BCUT2D eigenvalue weighted by molar-refractivity contribution is -0.132. The van der Waals surface area contributed by atoms with E-state index in [1.807, 2.05) is 17.0 Å². The Bertz CT molecular complexity index is 426. The van der Waals surface area contributed by atoms with E-state index in [0.29, 0.717) is 11.8 Å². The molecule has 0 bridgehead atoms. The topological polar surface area (TPSA) is 20.3 Å². The Labute approximate surface area is 110 Å². The molecule has 1 saturated heterocycles. The number of aryl methyl sites for hydroxylation is 1. The van der Waals surface area contributed by atoms with Gasteiger partial charge in [0.15, 0.2) is 0 Å². The van der Waals surface area contributed by atoms with Crippen LogP contribution >= 0.6 is 0 Å². The summed E-state index contributed by atoms with van der Waals surface area (Å²) in [4.78, 5) is 14.2. The lowest BCUT2D eigenvalue weighted by Gasteiger charge is -2.37. The Morgan fingerprint density at radius 3 is 2.56 bits per heavy atom. The molecule has 1 amide bonds. The van der Waals surface area contributed by atoms with Gasteiger partial charge in [-0.05, 0) is 30.7 Å². The van der Waals surface area contributed by atoms with Gasteiger partial charge in [-0.25, -0.2) is 0 Å². The Kier molecular flexibility index (Phi) is 3.74. The number of carbonyl (C=O) groups is 1. The van der Waals surface area contributed by atoms with Crippen LogP contribution in [-0.4, -0.2) is 23.9 Å². The summed E-state index contributed by atoms with van der Waals surface area (Å²) in [7, 11) is 0. The third-order valence-corrected chi connectivity index (χ3v) is 3.91. The largest absolute Gasteiger partial charge is 0.342 e. The first-order valence-corrected chi connectivity index (χ1v) is 6.80. The van der Waals surface area contributed by atoms with E-state index in [9.17, 15) is 4.79 Å². The maximum atomic E-state index is 12.2. The maximum Gasteiger partial charge on any atom is 0.226 e. The minimum Gasteiger partial charge on any atom is -0.342 e. The van der Waals surface area contributed by atoms with Crippen molar-refractivity contribution in [2.75, 3.05) is 13.1 Å². The van der Waals surface area contributed by atoms with E-state index in [2.05, 4.69) is 32.9 Å². The molecule has 1 aromatic carbocycles. The summed E-state index contributed by atoms with van der Waals surface area (Å²) >= 11 is 0. The molecular formula is C16H23NO. The van der Waals surface area contributed by atoms with Gasteiger partial charge in [-0.15, -0.1) is 0 Å². The summed E-state index contributed by atoms with van der Waals surface area (Å²) in [5, 5.41) is 0. The summed E-state index contributed by atoms with van der Waals surface area (Å²) in [6.45, 7) is 8.47. The Morgan fingerprint density at radius 1 is 1.28 bits per heavy atom. The van der Waals surface area contributed by atoms with Crippen LogP contribution < -0.4 is 0 Å². The first-order valence-electron chi connectivity index (χ1n) is 6.80. The van der Waals surface area contributed by atoms with Crippen LogP contribution in [0, 0.1) is 12.3 Å². The molecule has 0 atom stereocenters. The number of piperidine rings is 1. The lowest BCUT2D eigenvalue weighted by atomic mass is 9.82. The smallest absolute Gasteiger partial charge is 0.226 e. The van der Waals surface area contributed by atoms with Crippen LogP contribution in [-0.2, 0) is 11.2 Å². The molecule has 18 heavy (non-hydrogen) atoms. The van der Waals surface area contributed by atoms with Crippen LogP contribution in [0.15, 0.2) is 24.3 Å². The second-order valence-corrected chi connectivity index (χ2v) is 6.21. The fraction of sp³-hybridized carbons (Fsp3) is 0.562. The van der Waals surface area contributed by atoms with Crippen molar-refractivity contribution in [3.05, 3.63) is 35.4 Å². The van der Waals surface area contributed by atoms with E-state index in [-0.39, 0.29) is 5.91 Å². The molecule has 98 valence electrons. The molecule has 2 heteroatoms. The molecule has 2 nitrogen and oxygen atoms in total. The predicted octanol–water partition coefficient (Wildman–Crippen LogP) is 3.19. The molecule has 0 radical (unpaired) electrons. The van der Waals surface area contributed by atoms with E-state index < -0.39 is 0 Å². The molecule has 0 aromatic heterocycles. The predicted molar refractivity (Wildman–Crippen MR) is 74.5 cm³/mol. The highest BCUT2D eigenvalue weighted by molar-refractivity contribution is 5.78. The quantitative estimate of drug-likeness (QED) is 0.783. The highest BCUT2D eigenvalue weighted by atomic mass is 16.2.